The minimum atomic E-state index is -0.325. The molecule has 1 aliphatic rings. The van der Waals surface area contributed by atoms with E-state index in [4.69, 9.17) is 5.73 Å². The number of aliphatic hydroxyl groups is 1. The molecule has 0 amide bonds. The topological polar surface area (TPSA) is 46.2 Å². The maximum atomic E-state index is 10.2. The predicted octanol–water partition coefficient (Wildman–Crippen LogP) is 2.88. The molecular weight excluding hydrogens is 186 g/mol. The van der Waals surface area contributed by atoms with E-state index in [0.717, 1.165) is 24.1 Å². The lowest BCUT2D eigenvalue weighted by atomic mass is 9.83. The summed E-state index contributed by atoms with van der Waals surface area (Å²) in [7, 11) is 0. The van der Waals surface area contributed by atoms with Crippen molar-refractivity contribution < 1.29 is 5.11 Å². The third-order valence-corrected chi connectivity index (χ3v) is 3.35. The van der Waals surface area contributed by atoms with Crippen LogP contribution < -0.4 is 5.73 Å². The zero-order chi connectivity index (χ0) is 10.7. The number of aliphatic hydroxyl groups excluding tert-OH is 1. The quantitative estimate of drug-likeness (QED) is 0.729. The predicted molar refractivity (Wildman–Crippen MR) is 62.4 cm³/mol. The van der Waals surface area contributed by atoms with Gasteiger partial charge in [0.2, 0.25) is 0 Å². The highest BCUT2D eigenvalue weighted by Gasteiger charge is 2.22. The number of nitrogens with two attached hydrogens (primary N) is 1. The van der Waals surface area contributed by atoms with Crippen LogP contribution >= 0.6 is 0 Å². The summed E-state index contributed by atoms with van der Waals surface area (Å²) in [6.07, 6.45) is 5.80. The van der Waals surface area contributed by atoms with Gasteiger partial charge in [0.25, 0.3) is 0 Å². The van der Waals surface area contributed by atoms with Crippen molar-refractivity contribution in [3.05, 3.63) is 29.8 Å². The second kappa shape index (κ2) is 4.67. The Morgan fingerprint density at radius 3 is 2.60 bits per heavy atom. The molecule has 82 valence electrons. The summed E-state index contributed by atoms with van der Waals surface area (Å²) in [6, 6.07) is 7.63. The van der Waals surface area contributed by atoms with Gasteiger partial charge in [-0.15, -0.1) is 0 Å². The molecule has 0 radical (unpaired) electrons. The third kappa shape index (κ3) is 2.51. The molecule has 1 atom stereocenters. The first-order chi connectivity index (χ1) is 7.27. The average molecular weight is 205 g/mol. The number of benzene rings is 1. The first-order valence-electron chi connectivity index (χ1n) is 5.81. The molecule has 2 nitrogen and oxygen atoms in total. The van der Waals surface area contributed by atoms with Crippen LogP contribution in [0.15, 0.2) is 24.3 Å². The Morgan fingerprint density at radius 1 is 1.20 bits per heavy atom. The second-order valence-electron chi connectivity index (χ2n) is 4.51. The van der Waals surface area contributed by atoms with E-state index < -0.39 is 0 Å². The molecule has 3 N–H and O–H groups in total. The van der Waals surface area contributed by atoms with Crippen molar-refractivity contribution in [3.8, 4) is 0 Å². The van der Waals surface area contributed by atoms with Crippen LogP contribution in [-0.2, 0) is 0 Å². The van der Waals surface area contributed by atoms with E-state index in [1.54, 1.807) is 0 Å². The molecular formula is C13H19NO. The standard InChI is InChI=1S/C13H19NO/c14-12-8-4-7-11(9-12)13(15)10-5-2-1-3-6-10/h4,7-10,13,15H,1-3,5-6,14H2. The fourth-order valence-electron chi connectivity index (χ4n) is 2.47. The summed E-state index contributed by atoms with van der Waals surface area (Å²) in [5, 5.41) is 10.2. The van der Waals surface area contributed by atoms with Crippen molar-refractivity contribution >= 4 is 5.69 Å². The van der Waals surface area contributed by atoms with Crippen molar-refractivity contribution in [2.75, 3.05) is 5.73 Å². The van der Waals surface area contributed by atoms with E-state index in [0.29, 0.717) is 5.92 Å². The molecule has 1 aromatic rings. The molecule has 2 rings (SSSR count). The van der Waals surface area contributed by atoms with E-state index in [9.17, 15) is 5.11 Å². The molecule has 15 heavy (non-hydrogen) atoms. The first-order valence-corrected chi connectivity index (χ1v) is 5.81. The zero-order valence-electron chi connectivity index (χ0n) is 9.02. The van der Waals surface area contributed by atoms with Gasteiger partial charge >= 0.3 is 0 Å². The largest absolute Gasteiger partial charge is 0.399 e. The van der Waals surface area contributed by atoms with Gasteiger partial charge in [-0.1, -0.05) is 31.4 Å². The summed E-state index contributed by atoms with van der Waals surface area (Å²) in [6.45, 7) is 0. The number of nitrogen functional groups attached to an aromatic ring is 1. The second-order valence-corrected chi connectivity index (χ2v) is 4.51. The maximum absolute atomic E-state index is 10.2. The fourth-order valence-corrected chi connectivity index (χ4v) is 2.47. The van der Waals surface area contributed by atoms with Gasteiger partial charge in [0, 0.05) is 5.69 Å². The summed E-state index contributed by atoms with van der Waals surface area (Å²) in [5.41, 5.74) is 7.43. The molecule has 0 aliphatic heterocycles. The van der Waals surface area contributed by atoms with Gasteiger partial charge in [0.05, 0.1) is 6.10 Å². The molecule has 0 spiro atoms. The van der Waals surface area contributed by atoms with Crippen LogP contribution in [-0.4, -0.2) is 5.11 Å². The highest BCUT2D eigenvalue weighted by molar-refractivity contribution is 5.41. The van der Waals surface area contributed by atoms with Gasteiger partial charge in [0.15, 0.2) is 0 Å². The Labute approximate surface area is 91.1 Å². The summed E-state index contributed by atoms with van der Waals surface area (Å²) in [4.78, 5) is 0. The van der Waals surface area contributed by atoms with Crippen molar-refractivity contribution in [2.24, 2.45) is 5.92 Å². The molecule has 0 aromatic heterocycles. The van der Waals surface area contributed by atoms with Crippen LogP contribution in [0.2, 0.25) is 0 Å². The van der Waals surface area contributed by atoms with E-state index >= 15 is 0 Å². The van der Waals surface area contributed by atoms with Crippen molar-refractivity contribution in [3.63, 3.8) is 0 Å². The van der Waals surface area contributed by atoms with Gasteiger partial charge in [-0.3, -0.25) is 0 Å². The normalized spacial score (nSPS) is 20.1. The lowest BCUT2D eigenvalue weighted by Crippen LogP contribution is -2.16. The molecule has 0 bridgehead atoms. The number of hydrogen-bond acceptors (Lipinski definition) is 2. The minimum absolute atomic E-state index is 0.325. The number of rotatable bonds is 2. The van der Waals surface area contributed by atoms with Gasteiger partial charge in [-0.2, -0.15) is 0 Å². The van der Waals surface area contributed by atoms with Gasteiger partial charge in [0.1, 0.15) is 0 Å². The van der Waals surface area contributed by atoms with Crippen molar-refractivity contribution in [2.45, 2.75) is 38.2 Å². The molecule has 2 heteroatoms. The van der Waals surface area contributed by atoms with Crippen LogP contribution in [0.3, 0.4) is 0 Å². The Balaban J connectivity index is 2.08. The summed E-state index contributed by atoms with van der Waals surface area (Å²) >= 11 is 0. The molecule has 0 heterocycles. The molecule has 1 fully saturated rings. The molecule has 1 unspecified atom stereocenters. The highest BCUT2D eigenvalue weighted by Crippen LogP contribution is 2.34. The summed E-state index contributed by atoms with van der Waals surface area (Å²) in [5.74, 6) is 0.431. The fraction of sp³-hybridized carbons (Fsp3) is 0.538. The van der Waals surface area contributed by atoms with E-state index in [1.807, 2.05) is 24.3 Å². The third-order valence-electron chi connectivity index (χ3n) is 3.35. The lowest BCUT2D eigenvalue weighted by molar-refractivity contribution is 0.0849. The van der Waals surface area contributed by atoms with Crippen molar-refractivity contribution in [1.29, 1.82) is 0 Å². The van der Waals surface area contributed by atoms with Crippen LogP contribution in [0, 0.1) is 5.92 Å². The van der Waals surface area contributed by atoms with Gasteiger partial charge in [-0.05, 0) is 36.5 Å². The van der Waals surface area contributed by atoms with E-state index in [2.05, 4.69) is 0 Å². The van der Waals surface area contributed by atoms with E-state index in [-0.39, 0.29) is 6.10 Å². The van der Waals surface area contributed by atoms with Crippen LogP contribution in [0.1, 0.15) is 43.8 Å². The first kappa shape index (κ1) is 10.5. The van der Waals surface area contributed by atoms with Crippen LogP contribution in [0.4, 0.5) is 5.69 Å². The summed E-state index contributed by atoms with van der Waals surface area (Å²) < 4.78 is 0. The Hall–Kier alpha value is -1.02. The maximum Gasteiger partial charge on any atom is 0.0818 e. The SMILES string of the molecule is Nc1cccc(C(O)C2CCCCC2)c1. The monoisotopic (exact) mass is 205 g/mol. The molecule has 1 aliphatic carbocycles. The minimum Gasteiger partial charge on any atom is -0.399 e. The Bertz CT molecular complexity index is 318. The number of anilines is 1. The molecule has 0 saturated heterocycles. The van der Waals surface area contributed by atoms with Crippen molar-refractivity contribution in [1.82, 2.24) is 0 Å². The van der Waals surface area contributed by atoms with Crippen LogP contribution in [0.25, 0.3) is 0 Å². The van der Waals surface area contributed by atoms with Crippen LogP contribution in [0.5, 0.6) is 0 Å². The number of hydrogen-bond donors (Lipinski definition) is 2. The Morgan fingerprint density at radius 2 is 1.93 bits per heavy atom. The lowest BCUT2D eigenvalue weighted by Gasteiger charge is -2.26. The zero-order valence-corrected chi connectivity index (χ0v) is 9.02. The highest BCUT2D eigenvalue weighted by atomic mass is 16.3. The average Bonchev–Trinajstić information content (AvgIpc) is 2.29. The van der Waals surface area contributed by atoms with Gasteiger partial charge < -0.3 is 10.8 Å². The molecule has 1 saturated carbocycles. The Kier molecular flexibility index (Phi) is 3.27. The smallest absolute Gasteiger partial charge is 0.0818 e. The van der Waals surface area contributed by atoms with Gasteiger partial charge in [-0.25, -0.2) is 0 Å². The molecule has 1 aromatic carbocycles. The van der Waals surface area contributed by atoms with E-state index in [1.165, 1.54) is 19.3 Å².